The fourth-order valence-corrected chi connectivity index (χ4v) is 6.76. The van der Waals surface area contributed by atoms with Crippen molar-refractivity contribution in [1.82, 2.24) is 0 Å². The van der Waals surface area contributed by atoms with Crippen LogP contribution >= 0.6 is 21.6 Å². The highest BCUT2D eigenvalue weighted by molar-refractivity contribution is 8.76. The highest BCUT2D eigenvalue weighted by Crippen LogP contribution is 2.33. The van der Waals surface area contributed by atoms with Crippen molar-refractivity contribution in [3.8, 4) is 11.5 Å². The number of allylic oxidation sites excluding steroid dienone is 4. The summed E-state index contributed by atoms with van der Waals surface area (Å²) in [5.41, 5.74) is 6.80. The summed E-state index contributed by atoms with van der Waals surface area (Å²) < 4.78 is 13.9. The molecule has 0 spiro atoms. The van der Waals surface area contributed by atoms with Crippen LogP contribution in [0.25, 0.3) is 18.2 Å². The minimum absolute atomic E-state index is 0.726. The first-order valence-corrected chi connectivity index (χ1v) is 17.5. The van der Waals surface area contributed by atoms with Gasteiger partial charge in [-0.1, -0.05) is 70.7 Å². The number of anilines is 2. The minimum Gasteiger partial charge on any atom is -0.490 e. The molecule has 0 amide bonds. The van der Waals surface area contributed by atoms with E-state index in [0.717, 1.165) is 90.5 Å². The SMILES string of the molecule is C=CC(/C=C/c1ccc2c(c1)OCCN2C)=C\C=[NH+]CCSSCC[n+]1ccc(/C=C/c2ccc3c(c2)OCCN3C)cc1. The van der Waals surface area contributed by atoms with Gasteiger partial charge in [0.2, 0.25) is 0 Å². The van der Waals surface area contributed by atoms with Gasteiger partial charge >= 0.3 is 0 Å². The first-order chi connectivity index (χ1) is 21.6. The van der Waals surface area contributed by atoms with Gasteiger partial charge in [0, 0.05) is 32.3 Å². The van der Waals surface area contributed by atoms with Crippen molar-refractivity contribution >= 4 is 57.4 Å². The Labute approximate surface area is 269 Å². The normalized spacial score (nSPS) is 15.0. The summed E-state index contributed by atoms with van der Waals surface area (Å²) in [7, 11) is 8.02. The van der Waals surface area contributed by atoms with Crippen LogP contribution in [0.2, 0.25) is 0 Å². The van der Waals surface area contributed by atoms with Crippen molar-refractivity contribution in [2.45, 2.75) is 6.54 Å². The Balaban J connectivity index is 0.976. The van der Waals surface area contributed by atoms with Gasteiger partial charge in [-0.25, -0.2) is 9.56 Å². The molecule has 6 nitrogen and oxygen atoms in total. The zero-order valence-corrected chi connectivity index (χ0v) is 27.3. The van der Waals surface area contributed by atoms with Gasteiger partial charge < -0.3 is 19.3 Å². The molecule has 228 valence electrons. The Morgan fingerprint density at radius 3 is 2.11 bits per heavy atom. The van der Waals surface area contributed by atoms with Gasteiger partial charge in [0.25, 0.3) is 0 Å². The lowest BCUT2D eigenvalue weighted by Crippen LogP contribution is -2.69. The lowest BCUT2D eigenvalue weighted by Gasteiger charge is -2.27. The molecule has 1 aromatic heterocycles. The number of hydrogen-bond donors (Lipinski definition) is 1. The van der Waals surface area contributed by atoms with E-state index in [0.29, 0.717) is 0 Å². The second-order valence-corrected chi connectivity index (χ2v) is 13.4. The molecule has 0 radical (unpaired) electrons. The van der Waals surface area contributed by atoms with Crippen LogP contribution in [0.1, 0.15) is 16.7 Å². The monoisotopic (exact) mass is 626 g/mol. The third-order valence-corrected chi connectivity index (χ3v) is 9.87. The Morgan fingerprint density at radius 2 is 1.45 bits per heavy atom. The molecular formula is C36H42N4O2S2+2. The van der Waals surface area contributed by atoms with E-state index in [4.69, 9.17) is 9.47 Å². The number of pyridine rings is 1. The summed E-state index contributed by atoms with van der Waals surface area (Å²) in [6, 6.07) is 17.1. The van der Waals surface area contributed by atoms with Gasteiger partial charge in [0.05, 0.1) is 36.0 Å². The number of benzene rings is 2. The Bertz CT molecular complexity index is 1530. The van der Waals surface area contributed by atoms with Gasteiger partial charge in [-0.3, -0.25) is 0 Å². The van der Waals surface area contributed by atoms with Crippen LogP contribution in [0, 0.1) is 0 Å². The van der Waals surface area contributed by atoms with Crippen molar-refractivity contribution in [2.75, 3.05) is 68.2 Å². The number of aromatic nitrogens is 1. The molecule has 0 atom stereocenters. The molecule has 1 N–H and O–H groups in total. The number of nitrogens with zero attached hydrogens (tertiary/aromatic N) is 3. The molecule has 3 heterocycles. The lowest BCUT2D eigenvalue weighted by molar-refractivity contribution is -0.692. The quantitative estimate of drug-likeness (QED) is 0.0930. The first kappa shape index (κ1) is 31.5. The minimum atomic E-state index is 0.726. The molecule has 2 aliphatic rings. The van der Waals surface area contributed by atoms with Gasteiger partial charge in [-0.05, 0) is 46.5 Å². The van der Waals surface area contributed by atoms with E-state index < -0.39 is 0 Å². The lowest BCUT2D eigenvalue weighted by atomic mass is 10.1. The average Bonchev–Trinajstić information content (AvgIpc) is 3.05. The van der Waals surface area contributed by atoms with Crippen molar-refractivity contribution < 1.29 is 19.0 Å². The van der Waals surface area contributed by atoms with E-state index in [9.17, 15) is 0 Å². The topological polar surface area (TPSA) is 42.8 Å². The van der Waals surface area contributed by atoms with Gasteiger partial charge in [-0.2, -0.15) is 0 Å². The Morgan fingerprint density at radius 1 is 0.841 bits per heavy atom. The first-order valence-electron chi connectivity index (χ1n) is 15.0. The van der Waals surface area contributed by atoms with Crippen LogP contribution in [0.3, 0.4) is 0 Å². The van der Waals surface area contributed by atoms with E-state index in [1.807, 2.05) is 33.9 Å². The summed E-state index contributed by atoms with van der Waals surface area (Å²) >= 11 is 0. The fraction of sp³-hybridized carbons (Fsp3) is 0.278. The third kappa shape index (κ3) is 9.07. The van der Waals surface area contributed by atoms with E-state index in [1.54, 1.807) is 0 Å². The zero-order valence-electron chi connectivity index (χ0n) is 25.7. The van der Waals surface area contributed by atoms with Crippen molar-refractivity contribution in [3.63, 3.8) is 0 Å². The second kappa shape index (κ2) is 16.3. The van der Waals surface area contributed by atoms with E-state index in [2.05, 4.69) is 131 Å². The van der Waals surface area contributed by atoms with Crippen LogP contribution in [0.5, 0.6) is 11.5 Å². The number of ether oxygens (including phenoxy) is 2. The third-order valence-electron chi connectivity index (χ3n) is 7.49. The molecule has 3 aromatic rings. The number of hydrogen-bond acceptors (Lipinski definition) is 6. The van der Waals surface area contributed by atoms with E-state index in [1.165, 1.54) is 5.56 Å². The van der Waals surface area contributed by atoms with E-state index >= 15 is 0 Å². The van der Waals surface area contributed by atoms with Crippen LogP contribution in [0.15, 0.2) is 91.3 Å². The highest BCUT2D eigenvalue weighted by atomic mass is 33.1. The summed E-state index contributed by atoms with van der Waals surface area (Å²) in [6.07, 6.45) is 18.7. The van der Waals surface area contributed by atoms with Gasteiger partial charge in [0.1, 0.15) is 24.7 Å². The summed E-state index contributed by atoms with van der Waals surface area (Å²) in [4.78, 5) is 7.85. The predicted octanol–water partition coefficient (Wildman–Crippen LogP) is 5.16. The van der Waals surface area contributed by atoms with Crippen molar-refractivity contribution in [1.29, 1.82) is 0 Å². The molecule has 2 aliphatic heterocycles. The molecule has 0 fully saturated rings. The molecule has 0 saturated heterocycles. The predicted molar refractivity (Wildman–Crippen MR) is 190 cm³/mol. The maximum absolute atomic E-state index is 5.83. The largest absolute Gasteiger partial charge is 0.490 e. The van der Waals surface area contributed by atoms with E-state index in [-0.39, 0.29) is 0 Å². The van der Waals surface area contributed by atoms with Gasteiger partial charge in [0.15, 0.2) is 31.7 Å². The summed E-state index contributed by atoms with van der Waals surface area (Å²) in [5, 5.41) is 0. The zero-order chi connectivity index (χ0) is 30.6. The smallest absolute Gasteiger partial charge is 0.169 e. The Kier molecular flexibility index (Phi) is 11.7. The molecule has 5 rings (SSSR count). The molecule has 44 heavy (non-hydrogen) atoms. The number of fused-ring (bicyclic) bond motifs is 2. The number of rotatable bonds is 13. The Hall–Kier alpha value is -3.88. The molecule has 0 saturated carbocycles. The maximum Gasteiger partial charge on any atom is 0.169 e. The van der Waals surface area contributed by atoms with Crippen LogP contribution in [-0.2, 0) is 6.54 Å². The second-order valence-electron chi connectivity index (χ2n) is 10.7. The van der Waals surface area contributed by atoms with Crippen LogP contribution < -0.4 is 28.8 Å². The number of aryl methyl sites for hydroxylation is 1. The number of nitrogens with one attached hydrogen (secondary N) is 1. The molecule has 0 bridgehead atoms. The molecule has 0 unspecified atom stereocenters. The summed E-state index contributed by atoms with van der Waals surface area (Å²) in [6.45, 7) is 9.17. The van der Waals surface area contributed by atoms with Crippen molar-refractivity contribution in [3.05, 3.63) is 108 Å². The number of likely N-dealkylation sites (N-methyl/N-ethyl adjacent to an activating group) is 2. The molecular weight excluding hydrogens is 585 g/mol. The standard InChI is InChI=1S/C36H41N4O2S2/c1-4-29(5-7-31-9-11-33-35(27-31)41-23-20-38(33)2)13-16-37-17-25-43-44-26-22-40-18-14-30(15-19-40)6-8-32-10-12-34-36(28-32)42-24-21-39(34)3/h4-16,18-19,27-28H,1,17,20-26H2,2-3H3/q+1/p+1/b7-5+,29-13+,37-16?. The van der Waals surface area contributed by atoms with Crippen LogP contribution in [-0.4, -0.2) is 64.7 Å². The summed E-state index contributed by atoms with van der Waals surface area (Å²) in [5.74, 6) is 4.01. The maximum atomic E-state index is 5.83. The van der Waals surface area contributed by atoms with Gasteiger partial charge in [-0.15, -0.1) is 0 Å². The molecule has 2 aromatic carbocycles. The molecule has 8 heteroatoms. The fourth-order valence-electron chi connectivity index (χ4n) is 4.86. The average molecular weight is 627 g/mol. The van der Waals surface area contributed by atoms with Crippen molar-refractivity contribution in [2.24, 2.45) is 0 Å². The highest BCUT2D eigenvalue weighted by Gasteiger charge is 2.15. The molecule has 0 aliphatic carbocycles. The van der Waals surface area contributed by atoms with Crippen LogP contribution in [0.4, 0.5) is 11.4 Å².